The van der Waals surface area contributed by atoms with Crippen molar-refractivity contribution in [2.75, 3.05) is 0 Å². The summed E-state index contributed by atoms with van der Waals surface area (Å²) in [4.78, 5) is 36.8. The zero-order chi connectivity index (χ0) is 41.6. The highest BCUT2D eigenvalue weighted by Gasteiger charge is 2.07. The zero-order valence-electron chi connectivity index (χ0n) is 31.4. The van der Waals surface area contributed by atoms with Gasteiger partial charge in [-0.15, -0.1) is 0 Å². The number of hydrogen-bond donors (Lipinski definition) is 5. The fraction of sp³-hybridized carbons (Fsp3) is 0.0244. The molecule has 6 heterocycles. The van der Waals surface area contributed by atoms with Crippen molar-refractivity contribution in [3.8, 4) is 17.5 Å². The smallest absolute Gasteiger partial charge is 0.184 e. The largest absolute Gasteiger partial charge is 0.375 e. The Morgan fingerprint density at radius 3 is 1.46 bits per heavy atom. The normalized spacial score (nSPS) is 10.5. The molecule has 0 fully saturated rings. The van der Waals surface area contributed by atoms with Gasteiger partial charge in [0.25, 0.3) is 0 Å². The number of aromatic nitrogens is 9. The Morgan fingerprint density at radius 1 is 0.627 bits per heavy atom. The van der Waals surface area contributed by atoms with Crippen LogP contribution in [0.4, 0.5) is 0 Å². The summed E-state index contributed by atoms with van der Waals surface area (Å²) >= 11 is 8.96. The second-order valence-corrected chi connectivity index (χ2v) is 13.1. The van der Waals surface area contributed by atoms with Gasteiger partial charge in [0.15, 0.2) is 16.5 Å². The Balaban J connectivity index is 0.000000142. The van der Waals surface area contributed by atoms with Gasteiger partial charge in [-0.2, -0.15) is 5.10 Å². The first-order valence-corrected chi connectivity index (χ1v) is 18.5. The van der Waals surface area contributed by atoms with Crippen LogP contribution < -0.4 is 28.2 Å². The summed E-state index contributed by atoms with van der Waals surface area (Å²) < 4.78 is 5.53. The number of hydrogen-bond acceptors (Lipinski definition) is 11. The molecule has 9 rings (SSSR count). The van der Waals surface area contributed by atoms with Gasteiger partial charge in [0, 0.05) is 64.5 Å². The molecule has 16 nitrogen and oxygen atoms in total. The maximum absolute atomic E-state index is 11.1. The number of pyridine rings is 3. The predicted octanol–water partition coefficient (Wildman–Crippen LogP) is 5.24. The molecule has 0 aliphatic rings. The number of nitrogens with zero attached hydrogens (tertiary/aromatic N) is 10. The molecule has 59 heavy (non-hydrogen) atoms. The number of hydrazine groups is 1. The minimum absolute atomic E-state index is 0.116. The number of imidazole rings is 3. The quantitative estimate of drug-likeness (QED) is 0.0476. The van der Waals surface area contributed by atoms with E-state index in [9.17, 15) is 4.79 Å². The number of nitrogens with two attached hydrogens (primary N) is 3. The van der Waals surface area contributed by atoms with Gasteiger partial charge < -0.3 is 16.9 Å². The van der Waals surface area contributed by atoms with E-state index in [1.165, 1.54) is 10.9 Å². The maximum Gasteiger partial charge on any atom is 0.184 e. The van der Waals surface area contributed by atoms with Crippen molar-refractivity contribution in [1.29, 1.82) is 0 Å². The van der Waals surface area contributed by atoms with Crippen LogP contribution in [-0.4, -0.2) is 66.3 Å². The number of aldehydes is 1. The third kappa shape index (κ3) is 10.7. The van der Waals surface area contributed by atoms with Crippen molar-refractivity contribution in [1.82, 2.24) is 54.5 Å². The highest BCUT2D eigenvalue weighted by atomic mass is 32.1. The molecule has 0 saturated heterocycles. The number of aryl methyl sites for hydroxylation is 1. The van der Waals surface area contributed by atoms with Gasteiger partial charge in [-0.3, -0.25) is 23.9 Å². The SMILES string of the molecule is Cc1cc(-n2ccnc2)nc2ccccc12.NC(=S)N/N=C/c1cc(-n2ccnc2)nc2ccccc12.NNC(N)=S.O=Cc1cc(-n2ccnc2)nc2ccccc12. The summed E-state index contributed by atoms with van der Waals surface area (Å²) in [6, 6.07) is 29.4. The van der Waals surface area contributed by atoms with Crippen LogP contribution in [0.15, 0.2) is 152 Å². The number of para-hydroxylation sites is 3. The van der Waals surface area contributed by atoms with E-state index in [0.29, 0.717) is 11.4 Å². The monoisotopic (exact) mass is 819 g/mol. The summed E-state index contributed by atoms with van der Waals surface area (Å²) in [5.74, 6) is 7.03. The number of benzene rings is 3. The highest BCUT2D eigenvalue weighted by Crippen LogP contribution is 2.21. The number of nitrogens with one attached hydrogen (secondary N) is 2. The number of fused-ring (bicyclic) bond motifs is 3. The van der Waals surface area contributed by atoms with E-state index >= 15 is 0 Å². The fourth-order valence-corrected chi connectivity index (χ4v) is 5.71. The molecule has 9 aromatic rings. The predicted molar refractivity (Wildman–Crippen MR) is 238 cm³/mol. The Hall–Kier alpha value is -7.80. The first-order chi connectivity index (χ1) is 28.7. The topological polar surface area (TPSA) is 224 Å². The van der Waals surface area contributed by atoms with Crippen molar-refractivity contribution in [2.24, 2.45) is 22.4 Å². The second-order valence-electron chi connectivity index (χ2n) is 12.3. The minimum Gasteiger partial charge on any atom is -0.375 e. The van der Waals surface area contributed by atoms with Crippen molar-refractivity contribution in [2.45, 2.75) is 6.92 Å². The van der Waals surface area contributed by atoms with Gasteiger partial charge in [0.05, 0.1) is 22.8 Å². The van der Waals surface area contributed by atoms with E-state index in [4.69, 9.17) is 23.7 Å². The molecular weight excluding hydrogens is 783 g/mol. The molecule has 0 saturated carbocycles. The molecule has 0 aliphatic carbocycles. The maximum atomic E-state index is 11.1. The van der Waals surface area contributed by atoms with E-state index < -0.39 is 0 Å². The lowest BCUT2D eigenvalue weighted by atomic mass is 10.1. The molecule has 0 spiro atoms. The van der Waals surface area contributed by atoms with E-state index in [-0.39, 0.29) is 10.2 Å². The zero-order valence-corrected chi connectivity index (χ0v) is 33.1. The van der Waals surface area contributed by atoms with Crippen molar-refractivity contribution < 1.29 is 4.79 Å². The Kier molecular flexibility index (Phi) is 13.8. The van der Waals surface area contributed by atoms with Gasteiger partial charge in [-0.1, -0.05) is 54.6 Å². The fourth-order valence-electron chi connectivity index (χ4n) is 5.66. The van der Waals surface area contributed by atoms with Crippen LogP contribution in [0, 0.1) is 6.92 Å². The lowest BCUT2D eigenvalue weighted by molar-refractivity contribution is 0.112. The Bertz CT molecular complexity index is 2840. The van der Waals surface area contributed by atoms with Crippen molar-refractivity contribution in [3.63, 3.8) is 0 Å². The summed E-state index contributed by atoms with van der Waals surface area (Å²) in [6.07, 6.45) is 18.3. The average molecular weight is 820 g/mol. The van der Waals surface area contributed by atoms with Gasteiger partial charge in [0.2, 0.25) is 0 Å². The third-order valence-electron chi connectivity index (χ3n) is 8.33. The van der Waals surface area contributed by atoms with E-state index in [0.717, 1.165) is 50.8 Å². The first-order valence-electron chi connectivity index (χ1n) is 17.6. The third-order valence-corrected chi connectivity index (χ3v) is 8.54. The number of rotatable bonds is 6. The molecule has 294 valence electrons. The number of hydrazone groups is 1. The molecule has 3 aromatic carbocycles. The summed E-state index contributed by atoms with van der Waals surface area (Å²) in [5.41, 5.74) is 20.2. The molecule has 0 unspecified atom stereocenters. The summed E-state index contributed by atoms with van der Waals surface area (Å²) in [7, 11) is 0. The van der Waals surface area contributed by atoms with Crippen LogP contribution >= 0.6 is 24.4 Å². The Labute approximate surface area is 348 Å². The minimum atomic E-state index is 0.116. The van der Waals surface area contributed by atoms with Gasteiger partial charge >= 0.3 is 0 Å². The number of thiocarbonyl (C=S) groups is 2. The van der Waals surface area contributed by atoms with Crippen LogP contribution in [-0.2, 0) is 0 Å². The molecular formula is C41H37N15OS2. The molecule has 0 amide bonds. The molecule has 0 bridgehead atoms. The lowest BCUT2D eigenvalue weighted by Gasteiger charge is -2.07. The first kappa shape index (κ1) is 40.9. The van der Waals surface area contributed by atoms with Crippen LogP contribution in [0.5, 0.6) is 0 Å². The average Bonchev–Trinajstić information content (AvgIpc) is 4.10. The van der Waals surface area contributed by atoms with Crippen LogP contribution in [0.25, 0.3) is 50.2 Å². The standard InChI is InChI=1S/C14H12N6S.C13H9N3O.C13H11N3.CH5N3S/c15-14(21)19-17-8-10-7-13(20-6-5-16-9-20)18-12-4-2-1-3-11(10)12;17-8-10-7-13(16-6-5-14-9-16)15-12-4-2-1-3-11(10)12;1-10-8-13(16-7-6-14-9-16)15-12-5-3-2-4-11(10)12;2-1(5)4-3/h1-9H,(H3,15,19,21);1-9H;2-9H,1H3;3H2,(H3,2,4,5)/b17-8+;;;. The van der Waals surface area contributed by atoms with Gasteiger partial charge in [0.1, 0.15) is 36.4 Å². The number of carbonyl (C=O) groups excluding carboxylic acids is 1. The molecule has 0 aliphatic heterocycles. The molecule has 0 atom stereocenters. The van der Waals surface area contributed by atoms with Crippen LogP contribution in [0.1, 0.15) is 21.5 Å². The number of carbonyl (C=O) groups is 1. The second kappa shape index (κ2) is 19.9. The summed E-state index contributed by atoms with van der Waals surface area (Å²) in [5, 5.41) is 7.32. The van der Waals surface area contributed by atoms with E-state index in [2.05, 4.69) is 77.5 Å². The molecule has 8 N–H and O–H groups in total. The van der Waals surface area contributed by atoms with E-state index in [1.807, 2.05) is 99.8 Å². The van der Waals surface area contributed by atoms with Crippen LogP contribution in [0.2, 0.25) is 0 Å². The van der Waals surface area contributed by atoms with Gasteiger partial charge in [-0.05, 0) is 73.3 Å². The Morgan fingerprint density at radius 2 is 1.03 bits per heavy atom. The highest BCUT2D eigenvalue weighted by molar-refractivity contribution is 7.80. The molecule has 0 radical (unpaired) electrons. The molecule has 18 heteroatoms. The van der Waals surface area contributed by atoms with Gasteiger partial charge in [-0.25, -0.2) is 35.7 Å². The van der Waals surface area contributed by atoms with Crippen LogP contribution in [0.3, 0.4) is 0 Å². The molecule has 6 aromatic heterocycles. The lowest BCUT2D eigenvalue weighted by Crippen LogP contribution is -2.34. The summed E-state index contributed by atoms with van der Waals surface area (Å²) in [6.45, 7) is 2.10. The van der Waals surface area contributed by atoms with Crippen molar-refractivity contribution in [3.05, 3.63) is 164 Å². The van der Waals surface area contributed by atoms with E-state index in [1.54, 1.807) is 60.6 Å². The van der Waals surface area contributed by atoms with Crippen molar-refractivity contribution >= 4 is 79.9 Å².